The highest BCUT2D eigenvalue weighted by Crippen LogP contribution is 2.21. The molecule has 4 nitrogen and oxygen atoms in total. The van der Waals surface area contributed by atoms with Gasteiger partial charge in [0.25, 0.3) is 0 Å². The van der Waals surface area contributed by atoms with Gasteiger partial charge in [0.1, 0.15) is 12.2 Å². The van der Waals surface area contributed by atoms with E-state index in [-0.39, 0.29) is 6.04 Å². The molecule has 1 unspecified atom stereocenters. The third kappa shape index (κ3) is 4.64. The van der Waals surface area contributed by atoms with Crippen LogP contribution in [0.1, 0.15) is 44.1 Å². The Morgan fingerprint density at radius 2 is 2.14 bits per heavy atom. The lowest BCUT2D eigenvalue weighted by Crippen LogP contribution is -2.25. The molecule has 0 saturated heterocycles. The second kappa shape index (κ2) is 8.29. The third-order valence-corrected chi connectivity index (χ3v) is 3.90. The molecule has 114 valence electrons. The van der Waals surface area contributed by atoms with Crippen molar-refractivity contribution >= 4 is 15.9 Å². The van der Waals surface area contributed by atoms with Crippen molar-refractivity contribution in [1.29, 1.82) is 0 Å². The van der Waals surface area contributed by atoms with E-state index in [2.05, 4.69) is 69.4 Å². The molecule has 21 heavy (non-hydrogen) atoms. The van der Waals surface area contributed by atoms with Crippen LogP contribution in [0.3, 0.4) is 0 Å². The molecule has 0 saturated carbocycles. The molecular formula is C16H23BrN4. The number of nitrogens with one attached hydrogen (secondary N) is 1. The standard InChI is InChI=1S/C16H23BrN4/c1-3-8-18-15(13-6-5-7-14(17)10-13)11-16-19-12-20-21(16)9-4-2/h5-7,10,12,15,18H,3-4,8-9,11H2,1-2H3. The van der Waals surface area contributed by atoms with Gasteiger partial charge in [-0.15, -0.1) is 0 Å². The quantitative estimate of drug-likeness (QED) is 0.788. The molecule has 5 heteroatoms. The Hall–Kier alpha value is -1.20. The Morgan fingerprint density at radius 3 is 2.86 bits per heavy atom. The monoisotopic (exact) mass is 350 g/mol. The molecule has 1 atom stereocenters. The minimum atomic E-state index is 0.266. The van der Waals surface area contributed by atoms with E-state index >= 15 is 0 Å². The van der Waals surface area contributed by atoms with E-state index in [9.17, 15) is 0 Å². The van der Waals surface area contributed by atoms with E-state index in [1.807, 2.05) is 4.68 Å². The maximum atomic E-state index is 4.43. The van der Waals surface area contributed by atoms with Crippen molar-refractivity contribution in [2.45, 2.75) is 45.7 Å². The van der Waals surface area contributed by atoms with Crippen LogP contribution < -0.4 is 5.32 Å². The summed E-state index contributed by atoms with van der Waals surface area (Å²) in [4.78, 5) is 4.43. The molecule has 0 bridgehead atoms. The second-order valence-electron chi connectivity index (χ2n) is 5.17. The molecule has 1 heterocycles. The molecule has 1 aromatic carbocycles. The Kier molecular flexibility index (Phi) is 6.39. The summed E-state index contributed by atoms with van der Waals surface area (Å²) in [6.45, 7) is 6.27. The summed E-state index contributed by atoms with van der Waals surface area (Å²) < 4.78 is 3.12. The Morgan fingerprint density at radius 1 is 1.29 bits per heavy atom. The summed E-state index contributed by atoms with van der Waals surface area (Å²) in [5.74, 6) is 1.05. The molecule has 0 amide bonds. The molecule has 0 radical (unpaired) electrons. The summed E-state index contributed by atoms with van der Waals surface area (Å²) in [5.41, 5.74) is 1.28. The fourth-order valence-corrected chi connectivity index (χ4v) is 2.79. The summed E-state index contributed by atoms with van der Waals surface area (Å²) in [6.07, 6.45) is 4.70. The van der Waals surface area contributed by atoms with Crippen LogP contribution in [0.25, 0.3) is 0 Å². The van der Waals surface area contributed by atoms with Gasteiger partial charge in [0.15, 0.2) is 0 Å². The summed E-state index contributed by atoms with van der Waals surface area (Å²) in [7, 11) is 0. The smallest absolute Gasteiger partial charge is 0.138 e. The van der Waals surface area contributed by atoms with Gasteiger partial charge in [0.05, 0.1) is 0 Å². The minimum Gasteiger partial charge on any atom is -0.310 e. The van der Waals surface area contributed by atoms with Crippen molar-refractivity contribution in [3.05, 3.63) is 46.5 Å². The first kappa shape index (κ1) is 16.2. The molecule has 2 rings (SSSR count). The number of halogens is 1. The van der Waals surface area contributed by atoms with E-state index < -0.39 is 0 Å². The van der Waals surface area contributed by atoms with Crippen LogP contribution in [-0.4, -0.2) is 21.3 Å². The average molecular weight is 351 g/mol. The zero-order valence-corrected chi connectivity index (χ0v) is 14.3. The van der Waals surface area contributed by atoms with E-state index in [1.165, 1.54) is 5.56 Å². The number of rotatable bonds is 8. The molecule has 1 N–H and O–H groups in total. The zero-order valence-electron chi connectivity index (χ0n) is 12.7. The number of nitrogens with zero attached hydrogens (tertiary/aromatic N) is 3. The van der Waals surface area contributed by atoms with E-state index in [0.29, 0.717) is 0 Å². The molecule has 0 aliphatic rings. The number of hydrogen-bond donors (Lipinski definition) is 1. The fraction of sp³-hybridized carbons (Fsp3) is 0.500. The van der Waals surface area contributed by atoms with Crippen LogP contribution in [0.4, 0.5) is 0 Å². The lowest BCUT2D eigenvalue weighted by molar-refractivity contribution is 0.488. The number of aromatic nitrogens is 3. The first-order valence-corrected chi connectivity index (χ1v) is 8.39. The van der Waals surface area contributed by atoms with Crippen LogP contribution in [0.5, 0.6) is 0 Å². The average Bonchev–Trinajstić information content (AvgIpc) is 2.91. The van der Waals surface area contributed by atoms with Crippen molar-refractivity contribution in [3.63, 3.8) is 0 Å². The Labute approximate surface area is 135 Å². The van der Waals surface area contributed by atoms with Crippen molar-refractivity contribution in [3.8, 4) is 0 Å². The second-order valence-corrected chi connectivity index (χ2v) is 6.08. The molecular weight excluding hydrogens is 328 g/mol. The third-order valence-electron chi connectivity index (χ3n) is 3.41. The first-order chi connectivity index (χ1) is 10.2. The predicted molar refractivity (Wildman–Crippen MR) is 89.2 cm³/mol. The van der Waals surface area contributed by atoms with Crippen molar-refractivity contribution in [1.82, 2.24) is 20.1 Å². The predicted octanol–water partition coefficient (Wildman–Crippen LogP) is 3.73. The van der Waals surface area contributed by atoms with Crippen LogP contribution >= 0.6 is 15.9 Å². The zero-order chi connectivity index (χ0) is 15.1. The number of aryl methyl sites for hydroxylation is 1. The Bertz CT molecular complexity index is 553. The highest BCUT2D eigenvalue weighted by atomic mass is 79.9. The maximum Gasteiger partial charge on any atom is 0.138 e. The molecule has 1 aromatic heterocycles. The normalized spacial score (nSPS) is 12.5. The highest BCUT2D eigenvalue weighted by molar-refractivity contribution is 9.10. The van der Waals surface area contributed by atoms with Gasteiger partial charge in [-0.3, -0.25) is 4.68 Å². The van der Waals surface area contributed by atoms with Gasteiger partial charge >= 0.3 is 0 Å². The lowest BCUT2D eigenvalue weighted by Gasteiger charge is -2.19. The van der Waals surface area contributed by atoms with E-state index in [4.69, 9.17) is 0 Å². The van der Waals surface area contributed by atoms with Crippen LogP contribution in [0, 0.1) is 0 Å². The molecule has 0 aliphatic carbocycles. The number of benzene rings is 1. The molecule has 0 aliphatic heterocycles. The van der Waals surface area contributed by atoms with Gasteiger partial charge in [0.2, 0.25) is 0 Å². The van der Waals surface area contributed by atoms with Crippen LogP contribution in [0.15, 0.2) is 35.1 Å². The van der Waals surface area contributed by atoms with Gasteiger partial charge in [-0.05, 0) is 37.1 Å². The van der Waals surface area contributed by atoms with E-state index in [1.54, 1.807) is 6.33 Å². The van der Waals surface area contributed by atoms with E-state index in [0.717, 1.165) is 42.6 Å². The van der Waals surface area contributed by atoms with Gasteiger partial charge in [0, 0.05) is 23.5 Å². The van der Waals surface area contributed by atoms with Crippen molar-refractivity contribution < 1.29 is 0 Å². The Balaban J connectivity index is 2.17. The topological polar surface area (TPSA) is 42.7 Å². The fourth-order valence-electron chi connectivity index (χ4n) is 2.38. The lowest BCUT2D eigenvalue weighted by atomic mass is 10.0. The summed E-state index contributed by atoms with van der Waals surface area (Å²) >= 11 is 3.55. The minimum absolute atomic E-state index is 0.266. The number of hydrogen-bond acceptors (Lipinski definition) is 3. The van der Waals surface area contributed by atoms with Crippen molar-refractivity contribution in [2.24, 2.45) is 0 Å². The molecule has 2 aromatic rings. The summed E-state index contributed by atoms with van der Waals surface area (Å²) in [6, 6.07) is 8.74. The molecule has 0 spiro atoms. The van der Waals surface area contributed by atoms with Gasteiger partial charge in [-0.25, -0.2) is 4.98 Å². The molecule has 0 fully saturated rings. The van der Waals surface area contributed by atoms with Gasteiger partial charge in [-0.2, -0.15) is 5.10 Å². The van der Waals surface area contributed by atoms with Gasteiger partial charge < -0.3 is 5.32 Å². The van der Waals surface area contributed by atoms with Crippen LogP contribution in [-0.2, 0) is 13.0 Å². The first-order valence-electron chi connectivity index (χ1n) is 7.60. The van der Waals surface area contributed by atoms with Gasteiger partial charge in [-0.1, -0.05) is 41.9 Å². The summed E-state index contributed by atoms with van der Waals surface area (Å²) in [5, 5.41) is 7.94. The largest absolute Gasteiger partial charge is 0.310 e. The van der Waals surface area contributed by atoms with Crippen LogP contribution in [0.2, 0.25) is 0 Å². The maximum absolute atomic E-state index is 4.43. The highest BCUT2D eigenvalue weighted by Gasteiger charge is 2.15. The van der Waals surface area contributed by atoms with Crippen molar-refractivity contribution in [2.75, 3.05) is 6.54 Å². The SMILES string of the molecule is CCCNC(Cc1ncnn1CCC)c1cccc(Br)c1.